The van der Waals surface area contributed by atoms with Crippen molar-refractivity contribution in [3.63, 3.8) is 0 Å². The van der Waals surface area contributed by atoms with Crippen molar-refractivity contribution in [2.24, 2.45) is 0 Å². The van der Waals surface area contributed by atoms with Gasteiger partial charge in [-0.05, 0) is 24.9 Å². The van der Waals surface area contributed by atoms with Crippen LogP contribution in [0.5, 0.6) is 5.88 Å². The topological polar surface area (TPSA) is 80.1 Å². The summed E-state index contributed by atoms with van der Waals surface area (Å²) in [5, 5.41) is 8.13. The maximum absolute atomic E-state index is 12.1. The second kappa shape index (κ2) is 5.58. The van der Waals surface area contributed by atoms with Crippen molar-refractivity contribution in [3.05, 3.63) is 5.56 Å². The van der Waals surface area contributed by atoms with Crippen molar-refractivity contribution < 1.29 is 21.9 Å². The van der Waals surface area contributed by atoms with E-state index >= 15 is 0 Å². The predicted molar refractivity (Wildman–Crippen MR) is 60.4 cm³/mol. The van der Waals surface area contributed by atoms with E-state index in [9.17, 15) is 17.2 Å². The lowest BCUT2D eigenvalue weighted by Crippen LogP contribution is -2.16. The van der Waals surface area contributed by atoms with Crippen LogP contribution in [0.3, 0.4) is 0 Å². The molecule has 0 spiro atoms. The number of sulfone groups is 1. The van der Waals surface area contributed by atoms with E-state index in [4.69, 9.17) is 5.26 Å². The lowest BCUT2D eigenvalue weighted by Gasteiger charge is -2.08. The summed E-state index contributed by atoms with van der Waals surface area (Å²) < 4.78 is 55.3. The smallest absolute Gasteiger partial charge is 0.388 e. The molecule has 0 aromatic carbocycles. The molecule has 1 rings (SSSR count). The summed E-state index contributed by atoms with van der Waals surface area (Å²) in [7, 11) is -3.74. The molecule has 0 N–H and O–H groups in total. The molecule has 0 aliphatic rings. The Bertz CT molecular complexity index is 563. The average Bonchev–Trinajstić information content (AvgIpc) is 2.70. The van der Waals surface area contributed by atoms with Crippen molar-refractivity contribution in [1.29, 1.82) is 5.26 Å². The lowest BCUT2D eigenvalue weighted by molar-refractivity contribution is -0.0525. The fourth-order valence-corrected chi connectivity index (χ4v) is 3.88. The van der Waals surface area contributed by atoms with Gasteiger partial charge in [0.15, 0.2) is 14.0 Å². The van der Waals surface area contributed by atoms with Crippen molar-refractivity contribution in [1.82, 2.24) is 4.37 Å². The molecular formula is C9H10F2N2O3S2. The van der Waals surface area contributed by atoms with Crippen LogP contribution in [0.1, 0.15) is 25.8 Å². The second-order valence-electron chi connectivity index (χ2n) is 3.40. The van der Waals surface area contributed by atoms with E-state index in [0.29, 0.717) is 18.0 Å². The standard InChI is InChI=1S/C9H10F2N2O3S2/c1-3-5(2)18(14,15)8-6(4-12)7(13-17-8)16-9(10)11/h5,9H,3H2,1-2H3. The molecule has 0 saturated heterocycles. The van der Waals surface area contributed by atoms with Crippen LogP contribution in [0.15, 0.2) is 4.21 Å². The van der Waals surface area contributed by atoms with Gasteiger partial charge in [0.2, 0.25) is 5.88 Å². The van der Waals surface area contributed by atoms with Crippen LogP contribution in [0.2, 0.25) is 0 Å². The summed E-state index contributed by atoms with van der Waals surface area (Å²) in [6.45, 7) is -0.00577. The predicted octanol–water partition coefficient (Wildman–Crippen LogP) is 2.19. The Morgan fingerprint density at radius 1 is 1.56 bits per heavy atom. The van der Waals surface area contributed by atoms with Crippen molar-refractivity contribution in [3.8, 4) is 11.9 Å². The van der Waals surface area contributed by atoms with Crippen LogP contribution in [0.4, 0.5) is 8.78 Å². The summed E-state index contributed by atoms with van der Waals surface area (Å²) >= 11 is 0.475. The van der Waals surface area contributed by atoms with Crippen LogP contribution in [0, 0.1) is 11.3 Å². The summed E-state index contributed by atoms with van der Waals surface area (Å²) in [6, 6.07) is 1.55. The Kier molecular flexibility index (Phi) is 4.59. The molecule has 0 aliphatic carbocycles. The summed E-state index contributed by atoms with van der Waals surface area (Å²) in [5.74, 6) is -0.639. The fraction of sp³-hybridized carbons (Fsp3) is 0.556. The number of aromatic nitrogens is 1. The number of halogens is 2. The van der Waals surface area contributed by atoms with E-state index in [1.807, 2.05) is 0 Å². The Labute approximate surface area is 107 Å². The molecule has 0 saturated carbocycles. The molecule has 0 aliphatic heterocycles. The zero-order chi connectivity index (χ0) is 13.9. The lowest BCUT2D eigenvalue weighted by atomic mass is 10.4. The molecule has 1 aromatic rings. The fourth-order valence-electron chi connectivity index (χ4n) is 1.12. The number of hydrogen-bond donors (Lipinski definition) is 0. The third-order valence-electron chi connectivity index (χ3n) is 2.31. The largest absolute Gasteiger partial charge is 0.414 e. The quantitative estimate of drug-likeness (QED) is 0.832. The normalized spacial score (nSPS) is 13.3. The molecule has 0 amide bonds. The molecule has 9 heteroatoms. The number of alkyl halides is 2. The highest BCUT2D eigenvalue weighted by Crippen LogP contribution is 2.32. The maximum Gasteiger partial charge on any atom is 0.388 e. The Balaban J connectivity index is 3.28. The maximum atomic E-state index is 12.1. The Morgan fingerprint density at radius 3 is 2.61 bits per heavy atom. The van der Waals surface area contributed by atoms with Gasteiger partial charge in [-0.2, -0.15) is 18.4 Å². The molecule has 1 heterocycles. The number of nitriles is 1. The van der Waals surface area contributed by atoms with Crippen LogP contribution in [-0.4, -0.2) is 24.7 Å². The first-order chi connectivity index (χ1) is 8.34. The molecule has 0 fully saturated rings. The van der Waals surface area contributed by atoms with Crippen LogP contribution < -0.4 is 4.74 Å². The van der Waals surface area contributed by atoms with Crippen molar-refractivity contribution >= 4 is 21.4 Å². The Morgan fingerprint density at radius 2 is 2.17 bits per heavy atom. The molecule has 100 valence electrons. The molecule has 0 bridgehead atoms. The van der Waals surface area contributed by atoms with Gasteiger partial charge in [0.05, 0.1) is 5.25 Å². The highest BCUT2D eigenvalue weighted by Gasteiger charge is 2.31. The van der Waals surface area contributed by atoms with Crippen LogP contribution in [0.25, 0.3) is 0 Å². The zero-order valence-electron chi connectivity index (χ0n) is 9.55. The van der Waals surface area contributed by atoms with Crippen molar-refractivity contribution in [2.75, 3.05) is 0 Å². The summed E-state index contributed by atoms with van der Waals surface area (Å²) in [6.07, 6.45) is 0.343. The van der Waals surface area contributed by atoms with Gasteiger partial charge in [0, 0.05) is 0 Å². The molecular weight excluding hydrogens is 286 g/mol. The molecule has 1 unspecified atom stereocenters. The first-order valence-corrected chi connectivity index (χ1v) is 7.25. The minimum atomic E-state index is -3.74. The monoisotopic (exact) mass is 296 g/mol. The van der Waals surface area contributed by atoms with Gasteiger partial charge in [-0.1, -0.05) is 6.92 Å². The first kappa shape index (κ1) is 14.8. The van der Waals surface area contributed by atoms with Gasteiger partial charge in [-0.15, -0.1) is 0 Å². The number of ether oxygens (including phenoxy) is 1. The summed E-state index contributed by atoms with van der Waals surface area (Å²) in [4.78, 5) is 0. The molecule has 5 nitrogen and oxygen atoms in total. The van der Waals surface area contributed by atoms with E-state index in [1.54, 1.807) is 13.0 Å². The second-order valence-corrected chi connectivity index (χ2v) is 6.74. The highest BCUT2D eigenvalue weighted by molar-refractivity contribution is 7.94. The molecule has 0 radical (unpaired) electrons. The van der Waals surface area contributed by atoms with E-state index in [-0.39, 0.29) is 4.21 Å². The van der Waals surface area contributed by atoms with Crippen molar-refractivity contribution in [2.45, 2.75) is 36.3 Å². The van der Waals surface area contributed by atoms with Gasteiger partial charge >= 0.3 is 6.61 Å². The van der Waals surface area contributed by atoms with E-state index < -0.39 is 33.1 Å². The van der Waals surface area contributed by atoms with Gasteiger partial charge in [0.25, 0.3) is 0 Å². The number of nitrogens with zero attached hydrogens (tertiary/aromatic N) is 2. The Hall–Kier alpha value is -1.27. The molecule has 1 aromatic heterocycles. The van der Waals surface area contributed by atoms with Crippen LogP contribution >= 0.6 is 11.5 Å². The van der Waals surface area contributed by atoms with Gasteiger partial charge in [0.1, 0.15) is 11.6 Å². The van der Waals surface area contributed by atoms with Crippen LogP contribution in [-0.2, 0) is 9.84 Å². The minimum Gasteiger partial charge on any atom is -0.414 e. The first-order valence-electron chi connectivity index (χ1n) is 4.93. The molecule has 1 atom stereocenters. The average molecular weight is 296 g/mol. The van der Waals surface area contributed by atoms with E-state index in [0.717, 1.165) is 0 Å². The molecule has 18 heavy (non-hydrogen) atoms. The van der Waals surface area contributed by atoms with Gasteiger partial charge < -0.3 is 4.74 Å². The third-order valence-corrected chi connectivity index (χ3v) is 5.97. The van der Waals surface area contributed by atoms with E-state index in [1.165, 1.54) is 6.92 Å². The van der Waals surface area contributed by atoms with Gasteiger partial charge in [-0.25, -0.2) is 8.42 Å². The van der Waals surface area contributed by atoms with E-state index in [2.05, 4.69) is 9.11 Å². The zero-order valence-corrected chi connectivity index (χ0v) is 11.2. The number of hydrogen-bond acceptors (Lipinski definition) is 6. The van der Waals surface area contributed by atoms with Gasteiger partial charge in [-0.3, -0.25) is 0 Å². The summed E-state index contributed by atoms with van der Waals surface area (Å²) in [5.41, 5.74) is -0.458. The number of rotatable bonds is 5. The highest BCUT2D eigenvalue weighted by atomic mass is 32.2. The minimum absolute atomic E-state index is 0.324. The SMILES string of the molecule is CCC(C)S(=O)(=O)c1snc(OC(F)F)c1C#N. The third kappa shape index (κ3) is 2.76.